The molecule has 138 valence electrons. The van der Waals surface area contributed by atoms with Gasteiger partial charge in [0.1, 0.15) is 0 Å². The van der Waals surface area contributed by atoms with Crippen LogP contribution in [0.4, 0.5) is 0 Å². The number of rotatable bonds is 6. The van der Waals surface area contributed by atoms with Crippen molar-refractivity contribution in [3.8, 4) is 0 Å². The van der Waals surface area contributed by atoms with E-state index in [9.17, 15) is 4.79 Å². The Morgan fingerprint density at radius 2 is 1.96 bits per heavy atom. The number of hydrogen-bond donors (Lipinski definition) is 1. The Kier molecular flexibility index (Phi) is 5.06. The lowest BCUT2D eigenvalue weighted by Gasteiger charge is -2.13. The van der Waals surface area contributed by atoms with Crippen molar-refractivity contribution in [2.24, 2.45) is 5.92 Å². The number of nitrogens with one attached hydrogen (secondary N) is 1. The molecule has 1 unspecified atom stereocenters. The largest absolute Gasteiger partial charge is 0.346 e. The maximum atomic E-state index is 12.6. The van der Waals surface area contributed by atoms with Gasteiger partial charge in [-0.25, -0.2) is 0 Å². The Morgan fingerprint density at radius 3 is 2.69 bits per heavy atom. The van der Waals surface area contributed by atoms with Crippen molar-refractivity contribution < 1.29 is 4.79 Å². The standard InChI is InChI=1S/C19H26N6O/c1-12(2)11-25-15(5)16(13(3)23-25)10-18(26)20-14(4)19-22-21-17-8-6-7-9-24(17)19/h6-9,12,14H,10-11H2,1-5H3,(H,20,26). The second kappa shape index (κ2) is 7.27. The highest BCUT2D eigenvalue weighted by Crippen LogP contribution is 2.17. The molecule has 3 rings (SSSR count). The Morgan fingerprint density at radius 1 is 1.19 bits per heavy atom. The third-order valence-electron chi connectivity index (χ3n) is 4.51. The summed E-state index contributed by atoms with van der Waals surface area (Å²) in [5.41, 5.74) is 3.75. The number of aromatic nitrogens is 5. The molecule has 0 radical (unpaired) electrons. The number of aryl methyl sites for hydroxylation is 1. The molecule has 0 aromatic carbocycles. The minimum atomic E-state index is -0.230. The van der Waals surface area contributed by atoms with Gasteiger partial charge in [0.25, 0.3) is 0 Å². The Hall–Kier alpha value is -2.70. The van der Waals surface area contributed by atoms with Crippen molar-refractivity contribution in [1.82, 2.24) is 29.7 Å². The Labute approximate surface area is 153 Å². The third-order valence-corrected chi connectivity index (χ3v) is 4.51. The summed E-state index contributed by atoms with van der Waals surface area (Å²) in [5.74, 6) is 1.19. The van der Waals surface area contributed by atoms with Crippen LogP contribution in [0.15, 0.2) is 24.4 Å². The van der Waals surface area contributed by atoms with Gasteiger partial charge in [-0.1, -0.05) is 19.9 Å². The number of carbonyl (C=O) groups excluding carboxylic acids is 1. The molecule has 0 saturated heterocycles. The predicted molar refractivity (Wildman–Crippen MR) is 99.8 cm³/mol. The molecule has 0 saturated carbocycles. The van der Waals surface area contributed by atoms with Gasteiger partial charge in [-0.2, -0.15) is 5.10 Å². The first kappa shape index (κ1) is 18.1. The molecule has 0 spiro atoms. The van der Waals surface area contributed by atoms with Crippen LogP contribution >= 0.6 is 0 Å². The molecule has 26 heavy (non-hydrogen) atoms. The summed E-state index contributed by atoms with van der Waals surface area (Å²) in [5, 5.41) is 16.0. The van der Waals surface area contributed by atoms with Crippen molar-refractivity contribution in [2.45, 2.75) is 53.6 Å². The fourth-order valence-corrected chi connectivity index (χ4v) is 3.19. The van der Waals surface area contributed by atoms with E-state index in [0.717, 1.165) is 35.0 Å². The van der Waals surface area contributed by atoms with Crippen LogP contribution in [0, 0.1) is 19.8 Å². The first-order chi connectivity index (χ1) is 12.4. The van der Waals surface area contributed by atoms with Gasteiger partial charge in [0.05, 0.1) is 18.2 Å². The third kappa shape index (κ3) is 3.61. The van der Waals surface area contributed by atoms with Crippen molar-refractivity contribution in [2.75, 3.05) is 0 Å². The molecule has 0 fully saturated rings. The molecule has 0 aliphatic heterocycles. The van der Waals surface area contributed by atoms with Crippen LogP contribution in [0.5, 0.6) is 0 Å². The number of nitrogens with zero attached hydrogens (tertiary/aromatic N) is 5. The number of pyridine rings is 1. The minimum absolute atomic E-state index is 0.0412. The average Bonchev–Trinajstić information content (AvgIpc) is 3.11. The van der Waals surface area contributed by atoms with Crippen LogP contribution in [0.1, 0.15) is 49.6 Å². The summed E-state index contributed by atoms with van der Waals surface area (Å²) in [7, 11) is 0. The molecular weight excluding hydrogens is 328 g/mol. The van der Waals surface area contributed by atoms with Gasteiger partial charge in [-0.3, -0.25) is 13.9 Å². The SMILES string of the molecule is Cc1nn(CC(C)C)c(C)c1CC(=O)NC(C)c1nnc2ccccn12. The van der Waals surface area contributed by atoms with Crippen LogP contribution in [0.3, 0.4) is 0 Å². The van der Waals surface area contributed by atoms with E-state index in [4.69, 9.17) is 0 Å². The fourth-order valence-electron chi connectivity index (χ4n) is 3.19. The molecule has 0 bridgehead atoms. The topological polar surface area (TPSA) is 77.1 Å². The lowest BCUT2D eigenvalue weighted by molar-refractivity contribution is -0.121. The Bertz CT molecular complexity index is 923. The fraction of sp³-hybridized carbons (Fsp3) is 0.474. The molecule has 7 nitrogen and oxygen atoms in total. The summed E-state index contributed by atoms with van der Waals surface area (Å²) in [6, 6.07) is 5.49. The smallest absolute Gasteiger partial charge is 0.225 e. The van der Waals surface area contributed by atoms with E-state index in [-0.39, 0.29) is 11.9 Å². The van der Waals surface area contributed by atoms with E-state index in [1.807, 2.05) is 54.2 Å². The van der Waals surface area contributed by atoms with Crippen molar-refractivity contribution in [3.63, 3.8) is 0 Å². The zero-order valence-electron chi connectivity index (χ0n) is 16.0. The second-order valence-electron chi connectivity index (χ2n) is 7.18. The zero-order valence-corrected chi connectivity index (χ0v) is 16.0. The molecule has 1 amide bonds. The zero-order chi connectivity index (χ0) is 18.8. The first-order valence-electron chi connectivity index (χ1n) is 8.98. The highest BCUT2D eigenvalue weighted by molar-refractivity contribution is 5.79. The lowest BCUT2D eigenvalue weighted by atomic mass is 10.1. The molecule has 3 heterocycles. The van der Waals surface area contributed by atoms with Crippen molar-refractivity contribution >= 4 is 11.6 Å². The quantitative estimate of drug-likeness (QED) is 0.738. The minimum Gasteiger partial charge on any atom is -0.346 e. The predicted octanol–water partition coefficient (Wildman–Crippen LogP) is 2.62. The molecule has 3 aromatic heterocycles. The second-order valence-corrected chi connectivity index (χ2v) is 7.18. The molecule has 7 heteroatoms. The molecule has 1 N–H and O–H groups in total. The van der Waals surface area contributed by atoms with Gasteiger partial charge in [-0.15, -0.1) is 10.2 Å². The van der Waals surface area contributed by atoms with E-state index in [1.165, 1.54) is 0 Å². The van der Waals surface area contributed by atoms with Crippen LogP contribution in [-0.2, 0) is 17.8 Å². The Balaban J connectivity index is 1.72. The van der Waals surface area contributed by atoms with E-state index in [1.54, 1.807) is 0 Å². The van der Waals surface area contributed by atoms with Gasteiger partial charge in [0.2, 0.25) is 5.91 Å². The van der Waals surface area contributed by atoms with Crippen LogP contribution in [-0.4, -0.2) is 30.3 Å². The lowest BCUT2D eigenvalue weighted by Crippen LogP contribution is -2.29. The number of amides is 1. The summed E-state index contributed by atoms with van der Waals surface area (Å²) in [6.45, 7) is 11.1. The maximum absolute atomic E-state index is 12.6. The van der Waals surface area contributed by atoms with Crippen LogP contribution in [0.2, 0.25) is 0 Å². The summed E-state index contributed by atoms with van der Waals surface area (Å²) < 4.78 is 3.89. The normalized spacial score (nSPS) is 12.7. The summed E-state index contributed by atoms with van der Waals surface area (Å²) in [6.07, 6.45) is 2.22. The van der Waals surface area contributed by atoms with E-state index in [2.05, 4.69) is 34.5 Å². The molecule has 0 aliphatic rings. The monoisotopic (exact) mass is 354 g/mol. The van der Waals surface area contributed by atoms with Gasteiger partial charge >= 0.3 is 0 Å². The average molecular weight is 354 g/mol. The van der Waals surface area contributed by atoms with Crippen molar-refractivity contribution in [1.29, 1.82) is 0 Å². The molecule has 3 aromatic rings. The van der Waals surface area contributed by atoms with Gasteiger partial charge in [0, 0.05) is 24.0 Å². The maximum Gasteiger partial charge on any atom is 0.225 e. The summed E-state index contributed by atoms with van der Waals surface area (Å²) >= 11 is 0. The first-order valence-corrected chi connectivity index (χ1v) is 8.98. The highest BCUT2D eigenvalue weighted by atomic mass is 16.1. The van der Waals surface area contributed by atoms with E-state index < -0.39 is 0 Å². The van der Waals surface area contributed by atoms with Gasteiger partial charge in [-0.05, 0) is 38.8 Å². The molecular formula is C19H26N6O. The summed E-state index contributed by atoms with van der Waals surface area (Å²) in [4.78, 5) is 12.6. The van der Waals surface area contributed by atoms with Gasteiger partial charge in [0.15, 0.2) is 11.5 Å². The number of hydrogen-bond acceptors (Lipinski definition) is 4. The van der Waals surface area contributed by atoms with Gasteiger partial charge < -0.3 is 5.32 Å². The van der Waals surface area contributed by atoms with Crippen LogP contribution < -0.4 is 5.32 Å². The van der Waals surface area contributed by atoms with Crippen molar-refractivity contribution in [3.05, 3.63) is 47.2 Å². The molecule has 0 aliphatic carbocycles. The van der Waals surface area contributed by atoms with E-state index in [0.29, 0.717) is 12.3 Å². The van der Waals surface area contributed by atoms with E-state index >= 15 is 0 Å². The highest BCUT2D eigenvalue weighted by Gasteiger charge is 2.19. The molecule has 1 atom stereocenters. The van der Waals surface area contributed by atoms with Crippen LogP contribution in [0.25, 0.3) is 5.65 Å². The number of fused-ring (bicyclic) bond motifs is 1. The number of carbonyl (C=O) groups is 1.